The van der Waals surface area contributed by atoms with Crippen LogP contribution in [0.4, 0.5) is 5.69 Å². The first-order valence-electron chi connectivity index (χ1n) is 8.89. The summed E-state index contributed by atoms with van der Waals surface area (Å²) in [6.07, 6.45) is 2.71. The molecule has 136 valence electrons. The van der Waals surface area contributed by atoms with Gasteiger partial charge in [-0.3, -0.25) is 4.99 Å². The van der Waals surface area contributed by atoms with Crippen molar-refractivity contribution < 1.29 is 14.3 Å². The molecule has 3 rings (SSSR count). The number of aliphatic imine (C=N–C) groups is 1. The molecular weight excluding hydrogens is 338 g/mol. The maximum Gasteiger partial charge on any atom is 0.343 e. The number of rotatable bonds is 7. The van der Waals surface area contributed by atoms with E-state index in [0.717, 1.165) is 23.4 Å². The zero-order chi connectivity index (χ0) is 18.9. The highest BCUT2D eigenvalue weighted by Crippen LogP contribution is 2.17. The highest BCUT2D eigenvalue weighted by atomic mass is 16.5. The van der Waals surface area contributed by atoms with Gasteiger partial charge in [-0.2, -0.15) is 0 Å². The molecule has 0 aliphatic heterocycles. The van der Waals surface area contributed by atoms with Gasteiger partial charge in [-0.1, -0.05) is 25.1 Å². The second-order valence-electron chi connectivity index (χ2n) is 5.93. The highest BCUT2D eigenvalue weighted by molar-refractivity contribution is 5.91. The molecule has 0 aromatic heterocycles. The van der Waals surface area contributed by atoms with Gasteiger partial charge < -0.3 is 9.47 Å². The summed E-state index contributed by atoms with van der Waals surface area (Å²) in [5.74, 6) is 0.835. The van der Waals surface area contributed by atoms with Crippen LogP contribution in [0.25, 0.3) is 0 Å². The van der Waals surface area contributed by atoms with Crippen molar-refractivity contribution in [2.45, 2.75) is 13.3 Å². The Hall–Kier alpha value is -3.40. The van der Waals surface area contributed by atoms with Crippen LogP contribution in [0.3, 0.4) is 0 Å². The minimum absolute atomic E-state index is 0.400. The average Bonchev–Trinajstić information content (AvgIpc) is 2.73. The summed E-state index contributed by atoms with van der Waals surface area (Å²) in [6, 6.07) is 23.9. The van der Waals surface area contributed by atoms with Gasteiger partial charge in [0.2, 0.25) is 0 Å². The largest absolute Gasteiger partial charge is 0.494 e. The Labute approximate surface area is 159 Å². The third-order valence-electron chi connectivity index (χ3n) is 3.77. The molecular formula is C23H21NO3. The summed E-state index contributed by atoms with van der Waals surface area (Å²) in [5, 5.41) is 0. The monoisotopic (exact) mass is 359 g/mol. The molecule has 4 nitrogen and oxygen atoms in total. The first kappa shape index (κ1) is 18.4. The molecule has 0 spiro atoms. The molecule has 3 aromatic carbocycles. The second kappa shape index (κ2) is 9.34. The van der Waals surface area contributed by atoms with E-state index in [-0.39, 0.29) is 0 Å². The molecule has 0 bridgehead atoms. The molecule has 0 N–H and O–H groups in total. The Morgan fingerprint density at radius 1 is 0.889 bits per heavy atom. The van der Waals surface area contributed by atoms with Crippen LogP contribution in [-0.2, 0) is 0 Å². The number of benzene rings is 3. The van der Waals surface area contributed by atoms with E-state index in [1.165, 1.54) is 0 Å². The number of hydrogen-bond donors (Lipinski definition) is 0. The van der Waals surface area contributed by atoms with Crippen molar-refractivity contribution in [3.63, 3.8) is 0 Å². The number of carbonyl (C=O) groups is 1. The Balaban J connectivity index is 1.59. The van der Waals surface area contributed by atoms with Gasteiger partial charge in [-0.25, -0.2) is 4.79 Å². The topological polar surface area (TPSA) is 47.9 Å². The van der Waals surface area contributed by atoms with Crippen LogP contribution in [0.5, 0.6) is 11.5 Å². The third kappa shape index (κ3) is 5.54. The lowest BCUT2D eigenvalue weighted by Gasteiger charge is -2.07. The zero-order valence-electron chi connectivity index (χ0n) is 15.2. The van der Waals surface area contributed by atoms with Crippen molar-refractivity contribution in [1.29, 1.82) is 0 Å². The van der Waals surface area contributed by atoms with Crippen LogP contribution < -0.4 is 9.47 Å². The first-order chi connectivity index (χ1) is 13.2. The van der Waals surface area contributed by atoms with Crippen LogP contribution in [-0.4, -0.2) is 18.8 Å². The van der Waals surface area contributed by atoms with Crippen LogP contribution in [0, 0.1) is 0 Å². The van der Waals surface area contributed by atoms with Crippen molar-refractivity contribution in [3.05, 3.63) is 90.0 Å². The molecule has 3 aromatic rings. The van der Waals surface area contributed by atoms with E-state index >= 15 is 0 Å². The molecule has 27 heavy (non-hydrogen) atoms. The number of esters is 1. The molecule has 0 radical (unpaired) electrons. The Bertz CT molecular complexity index is 885. The van der Waals surface area contributed by atoms with E-state index in [1.54, 1.807) is 42.6 Å². The minimum atomic E-state index is -0.400. The van der Waals surface area contributed by atoms with E-state index in [2.05, 4.69) is 4.99 Å². The summed E-state index contributed by atoms with van der Waals surface area (Å²) in [4.78, 5) is 16.6. The van der Waals surface area contributed by atoms with Crippen LogP contribution in [0.2, 0.25) is 0 Å². The number of ether oxygens (including phenoxy) is 2. The van der Waals surface area contributed by atoms with Gasteiger partial charge in [0.05, 0.1) is 17.9 Å². The fourth-order valence-electron chi connectivity index (χ4n) is 2.36. The molecule has 0 aliphatic rings. The molecule has 0 fully saturated rings. The quantitative estimate of drug-likeness (QED) is 0.320. The minimum Gasteiger partial charge on any atom is -0.494 e. The molecule has 0 atom stereocenters. The second-order valence-corrected chi connectivity index (χ2v) is 5.93. The highest BCUT2D eigenvalue weighted by Gasteiger charge is 2.08. The van der Waals surface area contributed by atoms with E-state index in [0.29, 0.717) is 17.9 Å². The predicted molar refractivity (Wildman–Crippen MR) is 107 cm³/mol. The van der Waals surface area contributed by atoms with Gasteiger partial charge in [0.25, 0.3) is 0 Å². The number of nitrogens with zero attached hydrogens (tertiary/aromatic N) is 1. The van der Waals surface area contributed by atoms with E-state index in [9.17, 15) is 4.79 Å². The molecule has 0 unspecified atom stereocenters. The lowest BCUT2D eigenvalue weighted by molar-refractivity contribution is 0.0734. The van der Waals surface area contributed by atoms with E-state index in [4.69, 9.17) is 9.47 Å². The van der Waals surface area contributed by atoms with E-state index < -0.39 is 5.97 Å². The normalized spacial score (nSPS) is 10.7. The van der Waals surface area contributed by atoms with E-state index in [1.807, 2.05) is 49.4 Å². The Morgan fingerprint density at radius 2 is 1.56 bits per heavy atom. The van der Waals surface area contributed by atoms with Crippen molar-refractivity contribution in [2.75, 3.05) is 6.61 Å². The summed E-state index contributed by atoms with van der Waals surface area (Å²) in [5.41, 5.74) is 2.30. The molecule has 0 saturated heterocycles. The van der Waals surface area contributed by atoms with Crippen LogP contribution in [0.1, 0.15) is 29.3 Å². The number of carbonyl (C=O) groups excluding carboxylic acids is 1. The van der Waals surface area contributed by atoms with Gasteiger partial charge in [-0.15, -0.1) is 0 Å². The van der Waals surface area contributed by atoms with Crippen molar-refractivity contribution in [2.24, 2.45) is 4.99 Å². The van der Waals surface area contributed by atoms with Crippen LogP contribution in [0.15, 0.2) is 83.9 Å². The lowest BCUT2D eigenvalue weighted by atomic mass is 10.2. The van der Waals surface area contributed by atoms with Gasteiger partial charge in [-0.05, 0) is 72.6 Å². The SMILES string of the molecule is CCCOc1ccc(C(=O)Oc2ccc(C=Nc3ccccc3)cc2)cc1. The Morgan fingerprint density at radius 3 is 2.22 bits per heavy atom. The summed E-state index contributed by atoms with van der Waals surface area (Å²) >= 11 is 0. The third-order valence-corrected chi connectivity index (χ3v) is 3.77. The van der Waals surface area contributed by atoms with Crippen LogP contribution >= 0.6 is 0 Å². The van der Waals surface area contributed by atoms with Crippen molar-refractivity contribution >= 4 is 17.9 Å². The van der Waals surface area contributed by atoms with Gasteiger partial charge in [0.15, 0.2) is 0 Å². The van der Waals surface area contributed by atoms with Crippen molar-refractivity contribution in [3.8, 4) is 11.5 Å². The smallest absolute Gasteiger partial charge is 0.343 e. The molecule has 0 saturated carbocycles. The van der Waals surface area contributed by atoms with Gasteiger partial charge in [0, 0.05) is 6.21 Å². The summed E-state index contributed by atoms with van der Waals surface area (Å²) in [7, 11) is 0. The predicted octanol–water partition coefficient (Wildman–Crippen LogP) is 5.45. The fraction of sp³-hybridized carbons (Fsp3) is 0.130. The maximum absolute atomic E-state index is 12.2. The van der Waals surface area contributed by atoms with Gasteiger partial charge in [0.1, 0.15) is 11.5 Å². The lowest BCUT2D eigenvalue weighted by Crippen LogP contribution is -2.08. The Kier molecular flexibility index (Phi) is 6.36. The number of para-hydroxylation sites is 1. The maximum atomic E-state index is 12.2. The number of hydrogen-bond acceptors (Lipinski definition) is 4. The van der Waals surface area contributed by atoms with Crippen molar-refractivity contribution in [1.82, 2.24) is 0 Å². The average molecular weight is 359 g/mol. The molecule has 4 heteroatoms. The fourth-order valence-corrected chi connectivity index (χ4v) is 2.36. The molecule has 0 aliphatic carbocycles. The van der Waals surface area contributed by atoms with Gasteiger partial charge >= 0.3 is 5.97 Å². The zero-order valence-corrected chi connectivity index (χ0v) is 15.2. The summed E-state index contributed by atoms with van der Waals surface area (Å²) in [6.45, 7) is 2.70. The molecule has 0 heterocycles. The molecule has 0 amide bonds. The first-order valence-corrected chi connectivity index (χ1v) is 8.89. The summed E-state index contributed by atoms with van der Waals surface area (Å²) < 4.78 is 10.9. The standard InChI is InChI=1S/C23H21NO3/c1-2-16-26-21-14-10-19(11-15-21)23(25)27-22-12-8-18(9-13-22)17-24-20-6-4-3-5-7-20/h3-15,17H,2,16H2,1H3.